The summed E-state index contributed by atoms with van der Waals surface area (Å²) in [5.74, 6) is 1.41. The molecule has 11 heteroatoms. The minimum atomic E-state index is -4.18. The first kappa shape index (κ1) is 25.3. The van der Waals surface area contributed by atoms with E-state index < -0.39 is 12.7 Å². The van der Waals surface area contributed by atoms with Crippen molar-refractivity contribution in [2.75, 3.05) is 56.8 Å². The molecule has 0 unspecified atom stereocenters. The molecule has 35 heavy (non-hydrogen) atoms. The van der Waals surface area contributed by atoms with Gasteiger partial charge in [0.1, 0.15) is 0 Å². The van der Waals surface area contributed by atoms with E-state index in [4.69, 9.17) is 14.2 Å². The van der Waals surface area contributed by atoms with Crippen molar-refractivity contribution in [3.63, 3.8) is 0 Å². The van der Waals surface area contributed by atoms with E-state index in [1.807, 2.05) is 12.1 Å². The van der Waals surface area contributed by atoms with Gasteiger partial charge < -0.3 is 29.7 Å². The van der Waals surface area contributed by atoms with Crippen LogP contribution in [-0.2, 0) is 4.74 Å². The maximum absolute atomic E-state index is 12.4. The lowest BCUT2D eigenvalue weighted by Gasteiger charge is -2.29. The van der Waals surface area contributed by atoms with E-state index in [1.165, 1.54) is 7.11 Å². The average Bonchev–Trinajstić information content (AvgIpc) is 2.87. The number of anilines is 3. The Labute approximate surface area is 203 Å². The van der Waals surface area contributed by atoms with Crippen LogP contribution in [0, 0.1) is 5.92 Å². The molecule has 0 spiro atoms. The number of alkyl halides is 3. The zero-order chi connectivity index (χ0) is 24.7. The molecule has 1 aromatic carbocycles. The highest BCUT2D eigenvalue weighted by molar-refractivity contribution is 5.60. The molecule has 1 saturated heterocycles. The minimum absolute atomic E-state index is 0.105. The molecule has 4 rings (SSSR count). The van der Waals surface area contributed by atoms with Crippen LogP contribution < -0.4 is 25.0 Å². The molecule has 0 bridgehead atoms. The molecule has 2 aromatic rings. The molecule has 2 heterocycles. The Balaban J connectivity index is 1.29. The number of halogens is 3. The van der Waals surface area contributed by atoms with Crippen molar-refractivity contribution in [2.45, 2.75) is 37.9 Å². The van der Waals surface area contributed by atoms with Crippen molar-refractivity contribution in [1.29, 1.82) is 0 Å². The lowest BCUT2D eigenvalue weighted by molar-refractivity contribution is -0.126. The van der Waals surface area contributed by atoms with Crippen LogP contribution in [0.2, 0.25) is 0 Å². The van der Waals surface area contributed by atoms with Crippen molar-refractivity contribution < 1.29 is 27.4 Å². The Kier molecular flexibility index (Phi) is 8.50. The summed E-state index contributed by atoms with van der Waals surface area (Å²) in [5.41, 5.74) is 1.99. The van der Waals surface area contributed by atoms with Gasteiger partial charge in [-0.05, 0) is 55.9 Å². The van der Waals surface area contributed by atoms with Gasteiger partial charge in [-0.1, -0.05) is 0 Å². The predicted molar refractivity (Wildman–Crippen MR) is 127 cm³/mol. The number of methoxy groups -OCH3 is 1. The van der Waals surface area contributed by atoms with E-state index >= 15 is 0 Å². The summed E-state index contributed by atoms with van der Waals surface area (Å²) in [5, 5.41) is 5.80. The summed E-state index contributed by atoms with van der Waals surface area (Å²) in [7, 11) is 1.53. The van der Waals surface area contributed by atoms with Crippen LogP contribution in [-0.4, -0.2) is 68.8 Å². The average molecular weight is 496 g/mol. The van der Waals surface area contributed by atoms with Crippen LogP contribution in [0.3, 0.4) is 0 Å². The van der Waals surface area contributed by atoms with Crippen LogP contribution in [0.4, 0.5) is 30.5 Å². The van der Waals surface area contributed by atoms with Crippen molar-refractivity contribution in [1.82, 2.24) is 15.3 Å². The van der Waals surface area contributed by atoms with Gasteiger partial charge in [0.05, 0.1) is 39.7 Å². The summed E-state index contributed by atoms with van der Waals surface area (Å²) in [6, 6.07) is 7.95. The number of nitrogens with zero attached hydrogens (tertiary/aromatic N) is 3. The third-order valence-electron chi connectivity index (χ3n) is 6.34. The highest BCUT2D eigenvalue weighted by atomic mass is 19.4. The van der Waals surface area contributed by atoms with Crippen LogP contribution in [0.25, 0.3) is 0 Å². The maximum Gasteiger partial charge on any atom is 0.401 e. The molecule has 1 saturated carbocycles. The van der Waals surface area contributed by atoms with E-state index in [0.717, 1.165) is 50.5 Å². The van der Waals surface area contributed by atoms with Crippen molar-refractivity contribution >= 4 is 17.3 Å². The normalized spacial score (nSPS) is 21.0. The molecule has 2 aliphatic rings. The minimum Gasteiger partial charge on any atom is -0.490 e. The van der Waals surface area contributed by atoms with E-state index in [2.05, 4.69) is 37.6 Å². The van der Waals surface area contributed by atoms with Gasteiger partial charge in [0.15, 0.2) is 5.75 Å². The maximum atomic E-state index is 12.4. The Bertz CT molecular complexity index is 931. The molecule has 2 N–H and O–H groups in total. The summed E-state index contributed by atoms with van der Waals surface area (Å²) < 4.78 is 54.0. The molecule has 1 aromatic heterocycles. The lowest BCUT2D eigenvalue weighted by atomic mass is 9.86. The molecule has 0 atom stereocenters. The number of benzene rings is 1. The first-order valence-corrected chi connectivity index (χ1v) is 11.9. The van der Waals surface area contributed by atoms with Gasteiger partial charge in [0.25, 0.3) is 5.88 Å². The first-order valence-electron chi connectivity index (χ1n) is 11.9. The van der Waals surface area contributed by atoms with Gasteiger partial charge in [0, 0.05) is 30.5 Å². The smallest absolute Gasteiger partial charge is 0.401 e. The van der Waals surface area contributed by atoms with Crippen molar-refractivity contribution in [2.24, 2.45) is 5.92 Å². The zero-order valence-electron chi connectivity index (χ0n) is 19.8. The SMILES string of the molecule is COc1cnc(Nc2ccc(N3CCOCC3)cc2)nc1OC[C@H]1CC[C@H](NCC(F)(F)F)CC1. The predicted octanol–water partition coefficient (Wildman–Crippen LogP) is 4.15. The zero-order valence-corrected chi connectivity index (χ0v) is 19.8. The second-order valence-corrected chi connectivity index (χ2v) is 8.86. The number of hydrogen-bond donors (Lipinski definition) is 2. The standard InChI is InChI=1S/C24H32F3N5O3/c1-33-21-14-28-23(30-19-6-8-20(9-7-19)32-10-12-34-13-11-32)31-22(21)35-15-17-2-4-18(5-3-17)29-16-24(25,26)27/h6-9,14,17-18,29H,2-5,10-13,15-16H2,1H3,(H,28,30,31)/t17-,18-. The highest BCUT2D eigenvalue weighted by Crippen LogP contribution is 2.30. The third kappa shape index (κ3) is 7.60. The summed E-state index contributed by atoms with van der Waals surface area (Å²) in [4.78, 5) is 11.1. The summed E-state index contributed by atoms with van der Waals surface area (Å²) in [6.07, 6.45) is 0.356. The number of morpholine rings is 1. The van der Waals surface area contributed by atoms with Crippen LogP contribution in [0.5, 0.6) is 11.6 Å². The summed E-state index contributed by atoms with van der Waals surface area (Å²) in [6.45, 7) is 2.70. The number of nitrogens with one attached hydrogen (secondary N) is 2. The van der Waals surface area contributed by atoms with E-state index in [9.17, 15) is 13.2 Å². The van der Waals surface area contributed by atoms with Gasteiger partial charge in [-0.15, -0.1) is 0 Å². The molecule has 1 aliphatic heterocycles. The second kappa shape index (κ2) is 11.8. The van der Waals surface area contributed by atoms with Gasteiger partial charge in [-0.2, -0.15) is 18.2 Å². The van der Waals surface area contributed by atoms with Crippen LogP contribution >= 0.6 is 0 Å². The van der Waals surface area contributed by atoms with Gasteiger partial charge in [-0.25, -0.2) is 4.98 Å². The number of rotatable bonds is 9. The van der Waals surface area contributed by atoms with Crippen molar-refractivity contribution in [3.05, 3.63) is 30.5 Å². The lowest BCUT2D eigenvalue weighted by Crippen LogP contribution is -2.39. The topological polar surface area (TPSA) is 80.8 Å². The van der Waals surface area contributed by atoms with Crippen molar-refractivity contribution in [3.8, 4) is 11.6 Å². The van der Waals surface area contributed by atoms with E-state index in [1.54, 1.807) is 6.20 Å². The van der Waals surface area contributed by atoms with E-state index in [-0.39, 0.29) is 12.0 Å². The number of hydrogen-bond acceptors (Lipinski definition) is 8. The molecule has 0 radical (unpaired) electrons. The quantitative estimate of drug-likeness (QED) is 0.537. The fourth-order valence-electron chi connectivity index (χ4n) is 4.36. The molecule has 2 fully saturated rings. The Morgan fingerprint density at radius 3 is 2.46 bits per heavy atom. The van der Waals surface area contributed by atoms with Gasteiger partial charge in [-0.3, -0.25) is 0 Å². The number of aromatic nitrogens is 2. The summed E-state index contributed by atoms with van der Waals surface area (Å²) >= 11 is 0. The second-order valence-electron chi connectivity index (χ2n) is 8.86. The molecule has 0 amide bonds. The molecular formula is C24H32F3N5O3. The molecule has 1 aliphatic carbocycles. The van der Waals surface area contributed by atoms with Crippen LogP contribution in [0.15, 0.2) is 30.5 Å². The van der Waals surface area contributed by atoms with E-state index in [0.29, 0.717) is 37.0 Å². The van der Waals surface area contributed by atoms with Gasteiger partial charge >= 0.3 is 6.18 Å². The molecular weight excluding hydrogens is 463 g/mol. The fraction of sp³-hybridized carbons (Fsp3) is 0.583. The molecule has 8 nitrogen and oxygen atoms in total. The van der Waals surface area contributed by atoms with Gasteiger partial charge in [0.2, 0.25) is 5.95 Å². The third-order valence-corrected chi connectivity index (χ3v) is 6.34. The largest absolute Gasteiger partial charge is 0.490 e. The van der Waals surface area contributed by atoms with Crippen LogP contribution in [0.1, 0.15) is 25.7 Å². The Hall–Kier alpha value is -2.79. The Morgan fingerprint density at radius 2 is 1.80 bits per heavy atom. The first-order chi connectivity index (χ1) is 16.9. The Morgan fingerprint density at radius 1 is 1.09 bits per heavy atom. The number of ether oxygens (including phenoxy) is 3. The fourth-order valence-corrected chi connectivity index (χ4v) is 4.36. The molecule has 192 valence electrons. The monoisotopic (exact) mass is 495 g/mol. The highest BCUT2D eigenvalue weighted by Gasteiger charge is 2.30.